The Kier molecular flexibility index (Phi) is 5.00. The molecule has 1 N–H and O–H groups in total. The van der Waals surface area contributed by atoms with E-state index in [1.165, 1.54) is 31.1 Å². The fraction of sp³-hybridized carbons (Fsp3) is 0.500. The molecule has 0 saturated heterocycles. The average molecular weight is 309 g/mol. The highest BCUT2D eigenvalue weighted by atomic mass is 19.1. The molecule has 1 fully saturated rings. The zero-order chi connectivity index (χ0) is 16.3. The van der Waals surface area contributed by atoms with Gasteiger partial charge in [0, 0.05) is 12.5 Å². The first-order valence-electron chi connectivity index (χ1n) is 7.30. The molecule has 1 aliphatic rings. The van der Waals surface area contributed by atoms with Gasteiger partial charge in [0.2, 0.25) is 5.91 Å². The lowest BCUT2D eigenvalue weighted by Gasteiger charge is -2.26. The van der Waals surface area contributed by atoms with Gasteiger partial charge in [0.05, 0.1) is 7.11 Å². The van der Waals surface area contributed by atoms with Crippen molar-refractivity contribution in [3.63, 3.8) is 0 Å². The van der Waals surface area contributed by atoms with Gasteiger partial charge in [-0.25, -0.2) is 9.18 Å². The van der Waals surface area contributed by atoms with Crippen LogP contribution in [0.1, 0.15) is 31.7 Å². The van der Waals surface area contributed by atoms with E-state index in [0.717, 1.165) is 12.8 Å². The second kappa shape index (κ2) is 6.77. The van der Waals surface area contributed by atoms with Crippen LogP contribution in [-0.2, 0) is 16.0 Å². The Morgan fingerprint density at radius 2 is 2.14 bits per heavy atom. The normalized spacial score (nSPS) is 15.2. The predicted octanol–water partition coefficient (Wildman–Crippen LogP) is 2.23. The molecule has 0 aromatic heterocycles. The number of hydrogen-bond donors (Lipinski definition) is 1. The highest BCUT2D eigenvalue weighted by Gasteiger charge is 2.37. The predicted molar refractivity (Wildman–Crippen MR) is 78.2 cm³/mol. The van der Waals surface area contributed by atoms with Crippen molar-refractivity contribution in [1.82, 2.24) is 4.90 Å². The van der Waals surface area contributed by atoms with Gasteiger partial charge in [-0.1, -0.05) is 6.07 Å². The summed E-state index contributed by atoms with van der Waals surface area (Å²) in [4.78, 5) is 24.9. The van der Waals surface area contributed by atoms with Crippen LogP contribution in [-0.4, -0.2) is 41.1 Å². The van der Waals surface area contributed by atoms with Crippen molar-refractivity contribution >= 4 is 11.9 Å². The number of halogens is 1. The molecule has 1 aromatic rings. The number of ether oxygens (including phenoxy) is 1. The minimum absolute atomic E-state index is 0.0335. The molecule has 1 amide bonds. The third kappa shape index (κ3) is 3.75. The highest BCUT2D eigenvalue weighted by Crippen LogP contribution is 2.29. The maximum absolute atomic E-state index is 13.6. The van der Waals surface area contributed by atoms with Crippen molar-refractivity contribution in [3.8, 4) is 5.75 Å². The van der Waals surface area contributed by atoms with Gasteiger partial charge in [0.15, 0.2) is 11.6 Å². The summed E-state index contributed by atoms with van der Waals surface area (Å²) in [6.45, 7) is 1.52. The molecule has 6 heteroatoms. The maximum Gasteiger partial charge on any atom is 0.326 e. The molecular formula is C16H20FNO4. The topological polar surface area (TPSA) is 66.8 Å². The van der Waals surface area contributed by atoms with Crippen molar-refractivity contribution in [2.75, 3.05) is 7.11 Å². The summed E-state index contributed by atoms with van der Waals surface area (Å²) in [6.07, 6.45) is 2.23. The van der Waals surface area contributed by atoms with Gasteiger partial charge in [0.25, 0.3) is 0 Å². The molecule has 5 nitrogen and oxygen atoms in total. The standard InChI is InChI=1S/C16H20FNO4/c1-10(16(20)21)18(12-5-6-12)15(19)8-4-11-3-7-14(22-2)13(17)9-11/h3,7,9-10,12H,4-6,8H2,1-2H3,(H,20,21). The summed E-state index contributed by atoms with van der Waals surface area (Å²) in [7, 11) is 1.39. The quantitative estimate of drug-likeness (QED) is 0.839. The number of carboxylic acid groups (broad SMARTS) is 1. The van der Waals surface area contributed by atoms with Crippen molar-refractivity contribution < 1.29 is 23.8 Å². The molecule has 0 radical (unpaired) electrons. The Morgan fingerprint density at radius 1 is 1.45 bits per heavy atom. The SMILES string of the molecule is COc1ccc(CCC(=O)N(C2CC2)C(C)C(=O)O)cc1F. The van der Waals surface area contributed by atoms with Crippen LogP contribution in [0.2, 0.25) is 0 Å². The van der Waals surface area contributed by atoms with Crippen LogP contribution in [0.15, 0.2) is 18.2 Å². The summed E-state index contributed by atoms with van der Waals surface area (Å²) in [5.74, 6) is -1.51. The second-order valence-electron chi connectivity index (χ2n) is 5.52. The first-order chi connectivity index (χ1) is 10.4. The van der Waals surface area contributed by atoms with Gasteiger partial charge in [-0.2, -0.15) is 0 Å². The molecule has 2 rings (SSSR count). The lowest BCUT2D eigenvalue weighted by Crippen LogP contribution is -2.44. The third-order valence-corrected chi connectivity index (χ3v) is 3.85. The Balaban J connectivity index is 1.99. The number of nitrogens with zero attached hydrogens (tertiary/aromatic N) is 1. The van der Waals surface area contributed by atoms with Gasteiger partial charge in [-0.05, 0) is 43.9 Å². The molecule has 1 unspecified atom stereocenters. The number of carbonyl (C=O) groups excluding carboxylic acids is 1. The van der Waals surface area contributed by atoms with Crippen LogP contribution >= 0.6 is 0 Å². The van der Waals surface area contributed by atoms with Crippen molar-refractivity contribution in [2.45, 2.75) is 44.7 Å². The molecule has 22 heavy (non-hydrogen) atoms. The second-order valence-corrected chi connectivity index (χ2v) is 5.52. The van der Waals surface area contributed by atoms with Crippen LogP contribution in [0.4, 0.5) is 4.39 Å². The van der Waals surface area contributed by atoms with Crippen LogP contribution in [0.25, 0.3) is 0 Å². The third-order valence-electron chi connectivity index (χ3n) is 3.85. The van der Waals surface area contributed by atoms with Gasteiger partial charge in [0.1, 0.15) is 6.04 Å². The largest absolute Gasteiger partial charge is 0.494 e. The summed E-state index contributed by atoms with van der Waals surface area (Å²) >= 11 is 0. The van der Waals surface area contributed by atoms with Gasteiger partial charge in [-0.15, -0.1) is 0 Å². The summed E-state index contributed by atoms with van der Waals surface area (Å²) in [6, 6.07) is 3.78. The van der Waals surface area contributed by atoms with E-state index >= 15 is 0 Å². The zero-order valence-corrected chi connectivity index (χ0v) is 12.7. The Hall–Kier alpha value is -2.11. The van der Waals surface area contributed by atoms with E-state index in [4.69, 9.17) is 9.84 Å². The first kappa shape index (κ1) is 16.3. The smallest absolute Gasteiger partial charge is 0.326 e. The van der Waals surface area contributed by atoms with E-state index in [9.17, 15) is 14.0 Å². The fourth-order valence-corrected chi connectivity index (χ4v) is 2.45. The van der Waals surface area contributed by atoms with Crippen LogP contribution in [0.3, 0.4) is 0 Å². The number of methoxy groups -OCH3 is 1. The molecule has 1 atom stereocenters. The van der Waals surface area contributed by atoms with Crippen LogP contribution in [0, 0.1) is 5.82 Å². The maximum atomic E-state index is 13.6. The fourth-order valence-electron chi connectivity index (χ4n) is 2.45. The minimum Gasteiger partial charge on any atom is -0.494 e. The number of aryl methyl sites for hydroxylation is 1. The van der Waals surface area contributed by atoms with Gasteiger partial charge >= 0.3 is 5.97 Å². The number of aliphatic carboxylic acids is 1. The number of rotatable bonds is 7. The van der Waals surface area contributed by atoms with Gasteiger partial charge in [-0.3, -0.25) is 4.79 Å². The number of carbonyl (C=O) groups is 2. The number of amides is 1. The van der Waals surface area contributed by atoms with E-state index < -0.39 is 17.8 Å². The van der Waals surface area contributed by atoms with Crippen molar-refractivity contribution in [1.29, 1.82) is 0 Å². The molecule has 0 aliphatic heterocycles. The van der Waals surface area contributed by atoms with E-state index in [2.05, 4.69) is 0 Å². The summed E-state index contributed by atoms with van der Waals surface area (Å²) < 4.78 is 18.5. The Morgan fingerprint density at radius 3 is 2.64 bits per heavy atom. The summed E-state index contributed by atoms with van der Waals surface area (Å²) in [5.41, 5.74) is 0.686. The summed E-state index contributed by atoms with van der Waals surface area (Å²) in [5, 5.41) is 9.10. The van der Waals surface area contributed by atoms with Crippen molar-refractivity contribution in [3.05, 3.63) is 29.6 Å². The minimum atomic E-state index is -1.00. The lowest BCUT2D eigenvalue weighted by molar-refractivity contribution is -0.150. The molecule has 120 valence electrons. The zero-order valence-electron chi connectivity index (χ0n) is 12.7. The number of hydrogen-bond acceptors (Lipinski definition) is 3. The number of carboxylic acids is 1. The average Bonchev–Trinajstić information content (AvgIpc) is 3.30. The molecule has 0 heterocycles. The molecule has 0 spiro atoms. The van der Waals surface area contributed by atoms with Crippen molar-refractivity contribution in [2.24, 2.45) is 0 Å². The molecule has 1 aromatic carbocycles. The molecule has 1 aliphatic carbocycles. The molecule has 1 saturated carbocycles. The number of benzene rings is 1. The molecule has 0 bridgehead atoms. The monoisotopic (exact) mass is 309 g/mol. The van der Waals surface area contributed by atoms with Crippen LogP contribution in [0.5, 0.6) is 5.75 Å². The van der Waals surface area contributed by atoms with E-state index in [-0.39, 0.29) is 24.1 Å². The Bertz CT molecular complexity index is 571. The van der Waals surface area contributed by atoms with E-state index in [0.29, 0.717) is 12.0 Å². The van der Waals surface area contributed by atoms with Crippen LogP contribution < -0.4 is 4.74 Å². The van der Waals surface area contributed by atoms with Gasteiger partial charge < -0.3 is 14.7 Å². The first-order valence-corrected chi connectivity index (χ1v) is 7.30. The van der Waals surface area contributed by atoms with E-state index in [1.54, 1.807) is 6.07 Å². The highest BCUT2D eigenvalue weighted by molar-refractivity contribution is 5.84. The Labute approximate surface area is 128 Å². The lowest BCUT2D eigenvalue weighted by atomic mass is 10.1. The van der Waals surface area contributed by atoms with E-state index in [1.807, 2.05) is 0 Å². The molecular weight excluding hydrogens is 289 g/mol.